The highest BCUT2D eigenvalue weighted by Gasteiger charge is 1.98. The Labute approximate surface area is 115 Å². The predicted octanol–water partition coefficient (Wildman–Crippen LogP) is 4.97. The minimum Gasteiger partial charge on any atom is -0.355 e. The van der Waals surface area contributed by atoms with E-state index in [4.69, 9.17) is 0 Å². The van der Waals surface area contributed by atoms with Crippen LogP contribution in [0.5, 0.6) is 0 Å². The molecule has 0 atom stereocenters. The fraction of sp³-hybridized carbons (Fsp3) is 0.222. The summed E-state index contributed by atoms with van der Waals surface area (Å²) in [7, 11) is 0. The summed E-state index contributed by atoms with van der Waals surface area (Å²) in [6.45, 7) is 2.19. The van der Waals surface area contributed by atoms with Crippen molar-refractivity contribution in [3.05, 3.63) is 60.2 Å². The number of rotatable bonds is 4. The SMILES string of the molecule is CCCCC#Cc1ccccc1Nc1ccccc1. The number of unbranched alkanes of at least 4 members (excludes halogenated alkanes) is 2. The third-order valence-electron chi connectivity index (χ3n) is 2.86. The summed E-state index contributed by atoms with van der Waals surface area (Å²) in [5.74, 6) is 6.49. The van der Waals surface area contributed by atoms with Crippen molar-refractivity contribution in [1.82, 2.24) is 0 Å². The second-order valence-electron chi connectivity index (χ2n) is 4.44. The number of hydrogen-bond donors (Lipinski definition) is 1. The highest BCUT2D eigenvalue weighted by atomic mass is 14.9. The van der Waals surface area contributed by atoms with Crippen LogP contribution in [-0.4, -0.2) is 0 Å². The monoisotopic (exact) mass is 249 g/mol. The van der Waals surface area contributed by atoms with Gasteiger partial charge in [0, 0.05) is 17.7 Å². The van der Waals surface area contributed by atoms with E-state index >= 15 is 0 Å². The van der Waals surface area contributed by atoms with Crippen LogP contribution in [0, 0.1) is 11.8 Å². The molecule has 1 N–H and O–H groups in total. The van der Waals surface area contributed by atoms with Gasteiger partial charge < -0.3 is 5.32 Å². The van der Waals surface area contributed by atoms with Crippen molar-refractivity contribution < 1.29 is 0 Å². The van der Waals surface area contributed by atoms with Crippen LogP contribution in [-0.2, 0) is 0 Å². The average Bonchev–Trinajstić information content (AvgIpc) is 2.46. The van der Waals surface area contributed by atoms with Crippen LogP contribution in [0.1, 0.15) is 31.7 Å². The summed E-state index contributed by atoms with van der Waals surface area (Å²) in [6, 6.07) is 18.4. The third kappa shape index (κ3) is 4.19. The number of para-hydroxylation sites is 2. The zero-order chi connectivity index (χ0) is 13.3. The molecular formula is C18H19N. The van der Waals surface area contributed by atoms with Gasteiger partial charge in [0.1, 0.15) is 0 Å². The largest absolute Gasteiger partial charge is 0.355 e. The lowest BCUT2D eigenvalue weighted by Gasteiger charge is -2.08. The maximum atomic E-state index is 3.41. The molecular weight excluding hydrogens is 230 g/mol. The fourth-order valence-corrected chi connectivity index (χ4v) is 1.80. The molecule has 0 spiro atoms. The smallest absolute Gasteiger partial charge is 0.0543 e. The lowest BCUT2D eigenvalue weighted by Crippen LogP contribution is -1.92. The Hall–Kier alpha value is -2.20. The second-order valence-corrected chi connectivity index (χ2v) is 4.44. The van der Waals surface area contributed by atoms with Crippen LogP contribution >= 0.6 is 0 Å². The van der Waals surface area contributed by atoms with Gasteiger partial charge in [0.2, 0.25) is 0 Å². The highest BCUT2D eigenvalue weighted by molar-refractivity contribution is 5.67. The van der Waals surface area contributed by atoms with Gasteiger partial charge in [-0.05, 0) is 30.7 Å². The average molecular weight is 249 g/mol. The van der Waals surface area contributed by atoms with Gasteiger partial charge in [-0.25, -0.2) is 0 Å². The van der Waals surface area contributed by atoms with Crippen molar-refractivity contribution in [2.75, 3.05) is 5.32 Å². The van der Waals surface area contributed by atoms with E-state index in [0.717, 1.165) is 23.4 Å². The van der Waals surface area contributed by atoms with E-state index in [2.05, 4.69) is 48.3 Å². The van der Waals surface area contributed by atoms with E-state index in [9.17, 15) is 0 Å². The van der Waals surface area contributed by atoms with Gasteiger partial charge in [-0.2, -0.15) is 0 Å². The summed E-state index contributed by atoms with van der Waals surface area (Å²) in [6.07, 6.45) is 3.33. The summed E-state index contributed by atoms with van der Waals surface area (Å²) in [5, 5.41) is 3.41. The molecule has 0 aliphatic carbocycles. The first-order valence-electron chi connectivity index (χ1n) is 6.80. The summed E-state index contributed by atoms with van der Waals surface area (Å²) in [4.78, 5) is 0. The molecule has 2 aromatic carbocycles. The summed E-state index contributed by atoms with van der Waals surface area (Å²) in [5.41, 5.74) is 3.21. The molecule has 19 heavy (non-hydrogen) atoms. The molecule has 2 rings (SSSR count). The van der Waals surface area contributed by atoms with Crippen LogP contribution < -0.4 is 5.32 Å². The standard InChI is InChI=1S/C18H19N/c1-2-3-4-6-11-16-12-9-10-15-18(16)19-17-13-7-5-8-14-17/h5,7-10,12-15,19H,2-4H2,1H3. The Morgan fingerprint density at radius 3 is 2.47 bits per heavy atom. The van der Waals surface area contributed by atoms with E-state index in [1.54, 1.807) is 0 Å². The van der Waals surface area contributed by atoms with Gasteiger partial charge in [-0.1, -0.05) is 55.5 Å². The van der Waals surface area contributed by atoms with Crippen molar-refractivity contribution in [2.24, 2.45) is 0 Å². The maximum Gasteiger partial charge on any atom is 0.0543 e. The van der Waals surface area contributed by atoms with Crippen LogP contribution in [0.3, 0.4) is 0 Å². The Kier molecular flexibility index (Phi) is 5.07. The first-order chi connectivity index (χ1) is 9.40. The van der Waals surface area contributed by atoms with E-state index in [0.29, 0.717) is 0 Å². The number of hydrogen-bond acceptors (Lipinski definition) is 1. The van der Waals surface area contributed by atoms with Crippen molar-refractivity contribution in [3.8, 4) is 11.8 Å². The molecule has 0 aromatic heterocycles. The predicted molar refractivity (Wildman–Crippen MR) is 82.6 cm³/mol. The van der Waals surface area contributed by atoms with Crippen molar-refractivity contribution >= 4 is 11.4 Å². The molecule has 0 aliphatic heterocycles. The maximum absolute atomic E-state index is 3.41. The van der Waals surface area contributed by atoms with Crippen LogP contribution in [0.4, 0.5) is 11.4 Å². The normalized spacial score (nSPS) is 9.53. The van der Waals surface area contributed by atoms with Gasteiger partial charge in [0.25, 0.3) is 0 Å². The highest BCUT2D eigenvalue weighted by Crippen LogP contribution is 2.19. The molecule has 1 nitrogen and oxygen atoms in total. The van der Waals surface area contributed by atoms with E-state index in [1.165, 1.54) is 12.8 Å². The molecule has 0 radical (unpaired) electrons. The van der Waals surface area contributed by atoms with Gasteiger partial charge in [0.05, 0.1) is 5.69 Å². The van der Waals surface area contributed by atoms with Crippen molar-refractivity contribution in [2.45, 2.75) is 26.2 Å². The van der Waals surface area contributed by atoms with Gasteiger partial charge in [-0.15, -0.1) is 0 Å². The van der Waals surface area contributed by atoms with Gasteiger partial charge >= 0.3 is 0 Å². The van der Waals surface area contributed by atoms with Crippen LogP contribution in [0.2, 0.25) is 0 Å². The van der Waals surface area contributed by atoms with Gasteiger partial charge in [-0.3, -0.25) is 0 Å². The number of benzene rings is 2. The lowest BCUT2D eigenvalue weighted by molar-refractivity contribution is 0.828. The second kappa shape index (κ2) is 7.28. The molecule has 2 aromatic rings. The molecule has 0 unspecified atom stereocenters. The quantitative estimate of drug-likeness (QED) is 0.595. The van der Waals surface area contributed by atoms with Crippen LogP contribution in [0.25, 0.3) is 0 Å². The van der Waals surface area contributed by atoms with E-state index in [1.807, 2.05) is 30.3 Å². The Balaban J connectivity index is 2.14. The molecule has 0 bridgehead atoms. The lowest BCUT2D eigenvalue weighted by atomic mass is 10.1. The molecule has 1 heteroatoms. The number of anilines is 2. The summed E-state index contributed by atoms with van der Waals surface area (Å²) >= 11 is 0. The topological polar surface area (TPSA) is 12.0 Å². The molecule has 96 valence electrons. The minimum atomic E-state index is 0.968. The third-order valence-corrected chi connectivity index (χ3v) is 2.86. The molecule has 0 heterocycles. The van der Waals surface area contributed by atoms with Crippen molar-refractivity contribution in [3.63, 3.8) is 0 Å². The fourth-order valence-electron chi connectivity index (χ4n) is 1.80. The molecule has 0 aliphatic rings. The Morgan fingerprint density at radius 2 is 1.68 bits per heavy atom. The molecule has 0 saturated heterocycles. The Bertz CT molecular complexity index is 561. The molecule has 0 fully saturated rings. The van der Waals surface area contributed by atoms with Gasteiger partial charge in [0.15, 0.2) is 0 Å². The first-order valence-corrected chi connectivity index (χ1v) is 6.80. The van der Waals surface area contributed by atoms with Crippen LogP contribution in [0.15, 0.2) is 54.6 Å². The van der Waals surface area contributed by atoms with E-state index < -0.39 is 0 Å². The summed E-state index contributed by atoms with van der Waals surface area (Å²) < 4.78 is 0. The zero-order valence-electron chi connectivity index (χ0n) is 11.3. The first kappa shape index (κ1) is 13.2. The zero-order valence-corrected chi connectivity index (χ0v) is 11.3. The minimum absolute atomic E-state index is 0.968. The molecule has 0 amide bonds. The molecule has 0 saturated carbocycles. The van der Waals surface area contributed by atoms with E-state index in [-0.39, 0.29) is 0 Å². The van der Waals surface area contributed by atoms with Crippen molar-refractivity contribution in [1.29, 1.82) is 0 Å². The number of nitrogens with one attached hydrogen (secondary N) is 1. The Morgan fingerprint density at radius 1 is 0.947 bits per heavy atom.